The maximum atomic E-state index is 12.1. The minimum absolute atomic E-state index is 0.224. The Morgan fingerprint density at radius 3 is 2.81 bits per heavy atom. The monoisotopic (exact) mass is 293 g/mol. The van der Waals surface area contributed by atoms with Crippen LogP contribution in [0, 0.1) is 0 Å². The summed E-state index contributed by atoms with van der Waals surface area (Å²) in [5.74, 6) is 0.224. The molecular weight excluding hydrogens is 280 g/mol. The van der Waals surface area contributed by atoms with Gasteiger partial charge in [0.2, 0.25) is 0 Å². The van der Waals surface area contributed by atoms with Crippen LogP contribution < -0.4 is 10.1 Å². The number of benzene rings is 1. The van der Waals surface area contributed by atoms with E-state index in [9.17, 15) is 8.78 Å². The predicted octanol–water partition coefficient (Wildman–Crippen LogP) is 3.55. The van der Waals surface area contributed by atoms with Crippen molar-refractivity contribution in [3.05, 3.63) is 28.2 Å². The van der Waals surface area contributed by atoms with Crippen LogP contribution in [-0.2, 0) is 6.54 Å². The molecule has 0 saturated carbocycles. The highest BCUT2D eigenvalue weighted by molar-refractivity contribution is 9.10. The summed E-state index contributed by atoms with van der Waals surface area (Å²) < 4.78 is 29.6. The summed E-state index contributed by atoms with van der Waals surface area (Å²) in [7, 11) is 0. The van der Waals surface area contributed by atoms with Crippen LogP contribution in [0.25, 0.3) is 0 Å². The second-order valence-corrected chi connectivity index (χ2v) is 4.22. The van der Waals surface area contributed by atoms with Crippen molar-refractivity contribution in [2.75, 3.05) is 6.54 Å². The number of ether oxygens (including phenoxy) is 1. The van der Waals surface area contributed by atoms with E-state index in [1.807, 2.05) is 6.92 Å². The lowest BCUT2D eigenvalue weighted by Crippen LogP contribution is -2.15. The maximum absolute atomic E-state index is 12.1. The van der Waals surface area contributed by atoms with Crippen molar-refractivity contribution in [2.45, 2.75) is 26.5 Å². The van der Waals surface area contributed by atoms with E-state index in [-0.39, 0.29) is 5.75 Å². The number of nitrogens with one attached hydrogen (secondary N) is 1. The Morgan fingerprint density at radius 2 is 2.19 bits per heavy atom. The van der Waals surface area contributed by atoms with E-state index in [2.05, 4.69) is 26.0 Å². The molecule has 0 radical (unpaired) electrons. The molecule has 1 rings (SSSR count). The van der Waals surface area contributed by atoms with Crippen molar-refractivity contribution in [2.24, 2.45) is 0 Å². The van der Waals surface area contributed by atoms with Gasteiger partial charge in [-0.05, 0) is 31.2 Å². The molecule has 1 N–H and O–H groups in total. The van der Waals surface area contributed by atoms with E-state index < -0.39 is 6.61 Å². The molecule has 0 amide bonds. The molecule has 0 aliphatic heterocycles. The molecule has 0 aliphatic rings. The fourth-order valence-corrected chi connectivity index (χ4v) is 1.71. The minimum atomic E-state index is -2.79. The average Bonchev–Trinajstić information content (AvgIpc) is 2.22. The van der Waals surface area contributed by atoms with Gasteiger partial charge >= 0.3 is 6.61 Å². The molecule has 0 heterocycles. The lowest BCUT2D eigenvalue weighted by Gasteiger charge is -2.11. The topological polar surface area (TPSA) is 21.3 Å². The Morgan fingerprint density at radius 1 is 1.44 bits per heavy atom. The van der Waals surface area contributed by atoms with Gasteiger partial charge < -0.3 is 10.1 Å². The molecule has 0 aromatic heterocycles. The highest BCUT2D eigenvalue weighted by Crippen LogP contribution is 2.24. The highest BCUT2D eigenvalue weighted by Gasteiger charge is 2.09. The summed E-state index contributed by atoms with van der Waals surface area (Å²) in [6, 6.07) is 5.00. The molecule has 1 aromatic rings. The largest absolute Gasteiger partial charge is 0.434 e. The van der Waals surface area contributed by atoms with Crippen LogP contribution in [0.15, 0.2) is 22.7 Å². The number of hydrogen-bond acceptors (Lipinski definition) is 2. The number of hydrogen-bond donors (Lipinski definition) is 1. The van der Waals surface area contributed by atoms with E-state index in [0.717, 1.165) is 23.0 Å². The first-order valence-corrected chi connectivity index (χ1v) is 5.86. The van der Waals surface area contributed by atoms with Crippen molar-refractivity contribution in [3.63, 3.8) is 0 Å². The lowest BCUT2D eigenvalue weighted by molar-refractivity contribution is -0.0505. The second kappa shape index (κ2) is 6.81. The first kappa shape index (κ1) is 13.4. The second-order valence-electron chi connectivity index (χ2n) is 3.31. The molecule has 0 saturated heterocycles. The van der Waals surface area contributed by atoms with Gasteiger partial charge in [0.05, 0.1) is 0 Å². The third-order valence-corrected chi connectivity index (χ3v) is 2.47. The summed E-state index contributed by atoms with van der Waals surface area (Å²) >= 11 is 3.30. The molecular formula is C11H14BrF2NO. The predicted molar refractivity (Wildman–Crippen MR) is 62.8 cm³/mol. The van der Waals surface area contributed by atoms with Gasteiger partial charge in [0, 0.05) is 16.6 Å². The van der Waals surface area contributed by atoms with Crippen LogP contribution in [0.5, 0.6) is 5.75 Å². The van der Waals surface area contributed by atoms with Crippen LogP contribution in [-0.4, -0.2) is 13.2 Å². The number of rotatable bonds is 6. The molecule has 1 aromatic carbocycles. The summed E-state index contributed by atoms with van der Waals surface area (Å²) in [4.78, 5) is 0. The highest BCUT2D eigenvalue weighted by atomic mass is 79.9. The minimum Gasteiger partial charge on any atom is -0.434 e. The summed E-state index contributed by atoms with van der Waals surface area (Å²) in [5, 5.41) is 3.15. The van der Waals surface area contributed by atoms with E-state index in [0.29, 0.717) is 6.54 Å². The summed E-state index contributed by atoms with van der Waals surface area (Å²) in [5.41, 5.74) is 0.725. The van der Waals surface area contributed by atoms with Gasteiger partial charge in [-0.25, -0.2) is 0 Å². The van der Waals surface area contributed by atoms with Crippen molar-refractivity contribution >= 4 is 15.9 Å². The lowest BCUT2D eigenvalue weighted by atomic mass is 10.2. The zero-order valence-electron chi connectivity index (χ0n) is 8.97. The SMILES string of the molecule is CCCNCc1cc(Br)ccc1OC(F)F. The van der Waals surface area contributed by atoms with E-state index in [1.54, 1.807) is 18.2 Å². The molecule has 2 nitrogen and oxygen atoms in total. The molecule has 90 valence electrons. The van der Waals surface area contributed by atoms with Crippen molar-refractivity contribution in [1.82, 2.24) is 5.32 Å². The zero-order chi connectivity index (χ0) is 12.0. The summed E-state index contributed by atoms with van der Waals surface area (Å²) in [6.07, 6.45) is 0.999. The quantitative estimate of drug-likeness (QED) is 0.810. The Bertz CT molecular complexity index is 334. The van der Waals surface area contributed by atoms with Crippen molar-refractivity contribution < 1.29 is 13.5 Å². The van der Waals surface area contributed by atoms with Crippen LogP contribution in [0.3, 0.4) is 0 Å². The molecule has 5 heteroatoms. The van der Waals surface area contributed by atoms with Crippen LogP contribution in [0.2, 0.25) is 0 Å². The van der Waals surface area contributed by atoms with Gasteiger partial charge in [0.15, 0.2) is 0 Å². The summed E-state index contributed by atoms with van der Waals surface area (Å²) in [6.45, 7) is 0.631. The Kier molecular flexibility index (Phi) is 5.69. The van der Waals surface area contributed by atoms with Gasteiger partial charge in [0.25, 0.3) is 0 Å². The third kappa shape index (κ3) is 4.45. The standard InChI is InChI=1S/C11H14BrF2NO/c1-2-5-15-7-8-6-9(12)3-4-10(8)16-11(13)14/h3-4,6,11,15H,2,5,7H2,1H3. The number of alkyl halides is 2. The zero-order valence-corrected chi connectivity index (χ0v) is 10.6. The van der Waals surface area contributed by atoms with Crippen LogP contribution in [0.4, 0.5) is 8.78 Å². The Hall–Kier alpha value is -0.680. The van der Waals surface area contributed by atoms with E-state index >= 15 is 0 Å². The molecule has 0 atom stereocenters. The smallest absolute Gasteiger partial charge is 0.387 e. The van der Waals surface area contributed by atoms with Gasteiger partial charge in [-0.15, -0.1) is 0 Å². The Balaban J connectivity index is 2.73. The Labute approximate surface area is 102 Å². The maximum Gasteiger partial charge on any atom is 0.387 e. The molecule has 0 unspecified atom stereocenters. The van der Waals surface area contributed by atoms with Crippen molar-refractivity contribution in [3.8, 4) is 5.75 Å². The first-order valence-electron chi connectivity index (χ1n) is 5.07. The van der Waals surface area contributed by atoms with E-state index in [4.69, 9.17) is 0 Å². The molecule has 0 aliphatic carbocycles. The van der Waals surface area contributed by atoms with Gasteiger partial charge in [-0.3, -0.25) is 0 Å². The molecule has 0 fully saturated rings. The molecule has 0 spiro atoms. The molecule has 16 heavy (non-hydrogen) atoms. The normalized spacial score (nSPS) is 10.8. The molecule has 0 bridgehead atoms. The van der Waals surface area contributed by atoms with Crippen molar-refractivity contribution in [1.29, 1.82) is 0 Å². The van der Waals surface area contributed by atoms with Gasteiger partial charge in [-0.2, -0.15) is 8.78 Å². The average molecular weight is 294 g/mol. The first-order chi connectivity index (χ1) is 7.63. The third-order valence-electron chi connectivity index (χ3n) is 1.98. The number of halogens is 3. The van der Waals surface area contributed by atoms with Crippen LogP contribution >= 0.6 is 15.9 Å². The fraction of sp³-hybridized carbons (Fsp3) is 0.455. The van der Waals surface area contributed by atoms with E-state index in [1.165, 1.54) is 0 Å². The fourth-order valence-electron chi connectivity index (χ4n) is 1.30. The van der Waals surface area contributed by atoms with Gasteiger partial charge in [-0.1, -0.05) is 22.9 Å². The van der Waals surface area contributed by atoms with Crippen LogP contribution in [0.1, 0.15) is 18.9 Å². The van der Waals surface area contributed by atoms with Gasteiger partial charge in [0.1, 0.15) is 5.75 Å².